The number of amides is 1. The zero-order valence-corrected chi connectivity index (χ0v) is 18.5. The average molecular weight is 410 g/mol. The van der Waals surface area contributed by atoms with Crippen LogP contribution in [0.2, 0.25) is 0 Å². The Kier molecular flexibility index (Phi) is 8.46. The lowest BCUT2D eigenvalue weighted by Gasteiger charge is -2.26. The van der Waals surface area contributed by atoms with E-state index in [-0.39, 0.29) is 10.8 Å². The van der Waals surface area contributed by atoms with Gasteiger partial charge in [0.2, 0.25) is 15.9 Å². The second kappa shape index (κ2) is 10.4. The van der Waals surface area contributed by atoms with Gasteiger partial charge in [-0.05, 0) is 44.5 Å². The van der Waals surface area contributed by atoms with E-state index in [4.69, 9.17) is 0 Å². The fraction of sp³-hybridized carbons (Fsp3) is 0.667. The molecular weight excluding hydrogens is 374 g/mol. The van der Waals surface area contributed by atoms with E-state index in [0.29, 0.717) is 36.9 Å². The first-order chi connectivity index (χ1) is 13.3. The predicted molar refractivity (Wildman–Crippen MR) is 114 cm³/mol. The number of aryl methyl sites for hydroxylation is 1. The van der Waals surface area contributed by atoms with Gasteiger partial charge < -0.3 is 5.32 Å². The summed E-state index contributed by atoms with van der Waals surface area (Å²) in [6.45, 7) is 6.58. The van der Waals surface area contributed by atoms with Crippen molar-refractivity contribution in [2.24, 2.45) is 0 Å². The number of anilines is 1. The fourth-order valence-corrected chi connectivity index (χ4v) is 5.62. The van der Waals surface area contributed by atoms with E-state index < -0.39 is 10.0 Å². The molecule has 158 valence electrons. The normalized spacial score (nSPS) is 16.4. The van der Waals surface area contributed by atoms with Gasteiger partial charge in [-0.15, -0.1) is 0 Å². The maximum absolute atomic E-state index is 12.9. The molecule has 1 aromatic carbocycles. The highest BCUT2D eigenvalue weighted by Crippen LogP contribution is 2.24. The number of likely N-dealkylation sites (N-methyl/N-ethyl adjacent to an activating group) is 1. The highest BCUT2D eigenvalue weighted by molar-refractivity contribution is 7.89. The molecule has 0 aromatic heterocycles. The molecule has 0 radical (unpaired) electrons. The first kappa shape index (κ1) is 22.8. The number of carbonyl (C=O) groups is 1. The van der Waals surface area contributed by atoms with Gasteiger partial charge in [-0.2, -0.15) is 4.31 Å². The van der Waals surface area contributed by atoms with Crippen LogP contribution in [0.5, 0.6) is 0 Å². The van der Waals surface area contributed by atoms with Crippen LogP contribution in [-0.4, -0.2) is 56.3 Å². The number of benzene rings is 1. The summed E-state index contributed by atoms with van der Waals surface area (Å²) in [5.41, 5.74) is 1.20. The minimum atomic E-state index is -3.56. The van der Waals surface area contributed by atoms with E-state index in [1.807, 2.05) is 20.9 Å². The number of hydrogen-bond donors (Lipinski definition) is 1. The quantitative estimate of drug-likeness (QED) is 0.666. The van der Waals surface area contributed by atoms with Crippen LogP contribution in [0, 0.1) is 6.92 Å². The van der Waals surface area contributed by atoms with E-state index >= 15 is 0 Å². The number of nitrogens with one attached hydrogen (secondary N) is 1. The number of nitrogens with zero attached hydrogens (tertiary/aromatic N) is 2. The van der Waals surface area contributed by atoms with Crippen molar-refractivity contribution in [3.8, 4) is 0 Å². The molecule has 1 fully saturated rings. The van der Waals surface area contributed by atoms with Crippen LogP contribution < -0.4 is 5.32 Å². The van der Waals surface area contributed by atoms with Crippen molar-refractivity contribution >= 4 is 21.6 Å². The van der Waals surface area contributed by atoms with Crippen LogP contribution in [-0.2, 0) is 14.8 Å². The molecule has 0 bridgehead atoms. The Bertz CT molecular complexity index is 752. The first-order valence-electron chi connectivity index (χ1n) is 10.4. The Morgan fingerprint density at radius 1 is 1.11 bits per heavy atom. The van der Waals surface area contributed by atoms with Crippen LogP contribution in [0.15, 0.2) is 23.1 Å². The molecule has 1 saturated carbocycles. The van der Waals surface area contributed by atoms with E-state index in [1.54, 1.807) is 25.1 Å². The molecule has 1 aliphatic carbocycles. The summed E-state index contributed by atoms with van der Waals surface area (Å²) in [7, 11) is -1.56. The summed E-state index contributed by atoms with van der Waals surface area (Å²) in [6.07, 6.45) is 7.29. The monoisotopic (exact) mass is 409 g/mol. The van der Waals surface area contributed by atoms with Crippen LogP contribution in [0.25, 0.3) is 0 Å². The van der Waals surface area contributed by atoms with Crippen LogP contribution in [0.4, 0.5) is 5.69 Å². The van der Waals surface area contributed by atoms with Gasteiger partial charge in [0.05, 0.1) is 11.4 Å². The molecule has 2 rings (SSSR count). The maximum atomic E-state index is 12.9. The van der Waals surface area contributed by atoms with E-state index in [9.17, 15) is 13.2 Å². The molecule has 0 spiro atoms. The molecule has 6 nitrogen and oxygen atoms in total. The molecule has 28 heavy (non-hydrogen) atoms. The molecule has 0 atom stereocenters. The molecular formula is C21H35N3O3S. The predicted octanol–water partition coefficient (Wildman–Crippen LogP) is 3.62. The van der Waals surface area contributed by atoms with Crippen molar-refractivity contribution in [3.05, 3.63) is 23.8 Å². The van der Waals surface area contributed by atoms with Crippen molar-refractivity contribution in [2.75, 3.05) is 32.0 Å². The molecule has 1 amide bonds. The third-order valence-electron chi connectivity index (χ3n) is 5.64. The lowest BCUT2D eigenvalue weighted by molar-refractivity contribution is -0.117. The summed E-state index contributed by atoms with van der Waals surface area (Å²) < 4.78 is 27.2. The minimum absolute atomic E-state index is 0.109. The summed E-state index contributed by atoms with van der Waals surface area (Å²) in [5, 5.41) is 2.88. The summed E-state index contributed by atoms with van der Waals surface area (Å²) >= 11 is 0. The van der Waals surface area contributed by atoms with E-state index in [1.165, 1.54) is 30.0 Å². The van der Waals surface area contributed by atoms with Crippen molar-refractivity contribution in [1.82, 2.24) is 9.21 Å². The van der Waals surface area contributed by atoms with Crippen LogP contribution in [0.3, 0.4) is 0 Å². The van der Waals surface area contributed by atoms with Crippen molar-refractivity contribution in [2.45, 2.75) is 70.2 Å². The van der Waals surface area contributed by atoms with Gasteiger partial charge in [-0.25, -0.2) is 8.42 Å². The summed E-state index contributed by atoms with van der Waals surface area (Å²) in [5.74, 6) is -0.109. The van der Waals surface area contributed by atoms with Gasteiger partial charge >= 0.3 is 0 Å². The SMILES string of the molecule is CCN(CC)S(=O)(=O)c1cc(NC(=O)CN(C)C2CCCCCC2)ccc1C. The van der Waals surface area contributed by atoms with Crippen LogP contribution >= 0.6 is 0 Å². The second-order valence-corrected chi connectivity index (χ2v) is 9.58. The Morgan fingerprint density at radius 3 is 2.29 bits per heavy atom. The zero-order chi connectivity index (χ0) is 20.7. The number of carbonyl (C=O) groups excluding carboxylic acids is 1. The van der Waals surface area contributed by atoms with Crippen molar-refractivity contribution in [1.29, 1.82) is 0 Å². The molecule has 1 N–H and O–H groups in total. The Balaban J connectivity index is 2.08. The maximum Gasteiger partial charge on any atom is 0.243 e. The second-order valence-electron chi connectivity index (χ2n) is 7.68. The molecule has 0 unspecified atom stereocenters. The van der Waals surface area contributed by atoms with Gasteiger partial charge in [-0.3, -0.25) is 9.69 Å². The molecule has 0 aliphatic heterocycles. The number of hydrogen-bond acceptors (Lipinski definition) is 4. The Labute approximate surface area is 170 Å². The average Bonchev–Trinajstić information content (AvgIpc) is 2.93. The number of rotatable bonds is 8. The van der Waals surface area contributed by atoms with Gasteiger partial charge in [-0.1, -0.05) is 45.6 Å². The fourth-order valence-electron chi connectivity index (χ4n) is 3.91. The molecule has 1 aliphatic rings. The van der Waals surface area contributed by atoms with Gasteiger partial charge in [0.15, 0.2) is 0 Å². The third-order valence-corrected chi connectivity index (χ3v) is 7.83. The molecule has 7 heteroatoms. The summed E-state index contributed by atoms with van der Waals surface area (Å²) in [4.78, 5) is 14.9. The topological polar surface area (TPSA) is 69.7 Å². The van der Waals surface area contributed by atoms with Gasteiger partial charge in [0.1, 0.15) is 0 Å². The van der Waals surface area contributed by atoms with Crippen molar-refractivity contribution < 1.29 is 13.2 Å². The third kappa shape index (κ3) is 5.78. The smallest absolute Gasteiger partial charge is 0.243 e. The first-order valence-corrected chi connectivity index (χ1v) is 11.8. The van der Waals surface area contributed by atoms with E-state index in [2.05, 4.69) is 10.2 Å². The zero-order valence-electron chi connectivity index (χ0n) is 17.7. The van der Waals surface area contributed by atoms with Gasteiger partial charge in [0, 0.05) is 24.8 Å². The summed E-state index contributed by atoms with van der Waals surface area (Å²) in [6, 6.07) is 5.54. The largest absolute Gasteiger partial charge is 0.325 e. The number of sulfonamides is 1. The van der Waals surface area contributed by atoms with Crippen LogP contribution in [0.1, 0.15) is 57.9 Å². The molecule has 0 saturated heterocycles. The van der Waals surface area contributed by atoms with E-state index in [0.717, 1.165) is 12.8 Å². The van der Waals surface area contributed by atoms with Crippen molar-refractivity contribution in [3.63, 3.8) is 0 Å². The Hall–Kier alpha value is -1.44. The standard InChI is InChI=1S/C21H35N3O3S/c1-5-24(6-2)28(26,27)20-15-18(14-13-17(20)3)22-21(25)16-23(4)19-11-9-7-8-10-12-19/h13-15,19H,5-12,16H2,1-4H3,(H,22,25). The minimum Gasteiger partial charge on any atom is -0.325 e. The lowest BCUT2D eigenvalue weighted by Crippen LogP contribution is -2.37. The highest BCUT2D eigenvalue weighted by Gasteiger charge is 2.24. The highest BCUT2D eigenvalue weighted by atomic mass is 32.2. The van der Waals surface area contributed by atoms with Gasteiger partial charge in [0.25, 0.3) is 0 Å². The Morgan fingerprint density at radius 2 is 1.71 bits per heavy atom. The molecule has 0 heterocycles. The molecule has 1 aromatic rings. The lowest BCUT2D eigenvalue weighted by atomic mass is 10.1.